The summed E-state index contributed by atoms with van der Waals surface area (Å²) in [6.45, 7) is 4.21. The molecule has 0 fully saturated rings. The molecule has 1 N–H and O–H groups in total. The van der Waals surface area contributed by atoms with Gasteiger partial charge in [0, 0.05) is 5.56 Å². The van der Waals surface area contributed by atoms with Gasteiger partial charge in [-0.2, -0.15) is 0 Å². The third-order valence-corrected chi connectivity index (χ3v) is 4.14. The van der Waals surface area contributed by atoms with Crippen LogP contribution in [-0.2, 0) is 0 Å². The molecule has 0 saturated carbocycles. The van der Waals surface area contributed by atoms with Crippen LogP contribution in [0.25, 0.3) is 22.4 Å². The minimum atomic E-state index is 0.816. The number of H-pyrrole nitrogens is 1. The van der Waals surface area contributed by atoms with E-state index in [0.717, 1.165) is 32.6 Å². The topological polar surface area (TPSA) is 37.9 Å². The lowest BCUT2D eigenvalue weighted by atomic mass is 10.1. The second kappa shape index (κ2) is 4.94. The van der Waals surface area contributed by atoms with E-state index in [1.807, 2.05) is 18.2 Å². The highest BCUT2D eigenvalue weighted by Gasteiger charge is 2.09. The zero-order chi connectivity index (χ0) is 14.3. The second-order valence-corrected chi connectivity index (χ2v) is 5.74. The number of ether oxygens (including phenoxy) is 1. The number of halogens is 1. The maximum atomic E-state index is 5.25. The zero-order valence-corrected chi connectivity index (χ0v) is 13.2. The fourth-order valence-corrected chi connectivity index (χ4v) is 2.76. The molecule has 0 amide bonds. The first-order valence-corrected chi connectivity index (χ1v) is 7.18. The van der Waals surface area contributed by atoms with Crippen LogP contribution in [0.3, 0.4) is 0 Å². The molecule has 0 radical (unpaired) electrons. The number of aryl methyl sites for hydroxylation is 2. The van der Waals surface area contributed by atoms with Crippen LogP contribution < -0.4 is 4.74 Å². The van der Waals surface area contributed by atoms with E-state index in [4.69, 9.17) is 4.74 Å². The maximum Gasteiger partial charge on any atom is 0.138 e. The molecule has 0 atom stereocenters. The first kappa shape index (κ1) is 13.2. The lowest BCUT2D eigenvalue weighted by Gasteiger charge is -2.04. The lowest BCUT2D eigenvalue weighted by Crippen LogP contribution is -1.86. The predicted octanol–water partition coefficient (Wildman–Crippen LogP) is 4.62. The van der Waals surface area contributed by atoms with Gasteiger partial charge in [0.05, 0.1) is 22.6 Å². The smallest absolute Gasteiger partial charge is 0.138 e. The summed E-state index contributed by atoms with van der Waals surface area (Å²) in [5, 5.41) is 0. The van der Waals surface area contributed by atoms with Gasteiger partial charge in [0.15, 0.2) is 0 Å². The number of aromatic nitrogens is 2. The van der Waals surface area contributed by atoms with Gasteiger partial charge in [-0.3, -0.25) is 0 Å². The van der Waals surface area contributed by atoms with Crippen molar-refractivity contribution in [3.8, 4) is 17.1 Å². The summed E-state index contributed by atoms with van der Waals surface area (Å²) in [5.74, 6) is 1.69. The molecule has 0 aliphatic rings. The van der Waals surface area contributed by atoms with Gasteiger partial charge in [0.25, 0.3) is 0 Å². The molecular formula is C16H15BrN2O. The van der Waals surface area contributed by atoms with Gasteiger partial charge in [0.1, 0.15) is 11.6 Å². The number of imidazole rings is 1. The largest absolute Gasteiger partial charge is 0.496 e. The highest BCUT2D eigenvalue weighted by molar-refractivity contribution is 9.10. The van der Waals surface area contributed by atoms with E-state index in [2.05, 4.69) is 51.9 Å². The molecule has 1 aromatic heterocycles. The Morgan fingerprint density at radius 2 is 1.85 bits per heavy atom. The highest BCUT2D eigenvalue weighted by atomic mass is 79.9. The molecule has 102 valence electrons. The normalized spacial score (nSPS) is 11.0. The van der Waals surface area contributed by atoms with Gasteiger partial charge in [-0.15, -0.1) is 0 Å². The molecule has 0 saturated heterocycles. The Morgan fingerprint density at radius 3 is 2.55 bits per heavy atom. The average Bonchev–Trinajstić information content (AvgIpc) is 2.82. The van der Waals surface area contributed by atoms with Gasteiger partial charge in [0.2, 0.25) is 0 Å². The third-order valence-electron chi connectivity index (χ3n) is 3.52. The van der Waals surface area contributed by atoms with Crippen LogP contribution >= 0.6 is 15.9 Å². The minimum absolute atomic E-state index is 0.816. The van der Waals surface area contributed by atoms with Crippen LogP contribution in [0.5, 0.6) is 5.75 Å². The summed E-state index contributed by atoms with van der Waals surface area (Å²) in [6.07, 6.45) is 0. The molecule has 0 bridgehead atoms. The van der Waals surface area contributed by atoms with Crippen LogP contribution in [0.4, 0.5) is 0 Å². The molecule has 3 aromatic rings. The molecule has 20 heavy (non-hydrogen) atoms. The van der Waals surface area contributed by atoms with Crippen molar-refractivity contribution in [3.05, 3.63) is 45.9 Å². The summed E-state index contributed by atoms with van der Waals surface area (Å²) >= 11 is 3.50. The summed E-state index contributed by atoms with van der Waals surface area (Å²) in [5.41, 5.74) is 5.62. The van der Waals surface area contributed by atoms with Crippen LogP contribution in [0.15, 0.2) is 34.8 Å². The van der Waals surface area contributed by atoms with E-state index in [9.17, 15) is 0 Å². The number of aromatic amines is 1. The summed E-state index contributed by atoms with van der Waals surface area (Å²) in [6, 6.07) is 10.2. The number of nitrogens with one attached hydrogen (secondary N) is 1. The Bertz CT molecular complexity index is 754. The van der Waals surface area contributed by atoms with Crippen molar-refractivity contribution in [2.45, 2.75) is 13.8 Å². The summed E-state index contributed by atoms with van der Waals surface area (Å²) in [4.78, 5) is 8.04. The van der Waals surface area contributed by atoms with Crippen LogP contribution in [0, 0.1) is 13.8 Å². The Hall–Kier alpha value is -1.81. The highest BCUT2D eigenvalue weighted by Crippen LogP contribution is 2.30. The Kier molecular flexibility index (Phi) is 3.26. The number of hydrogen-bond acceptors (Lipinski definition) is 2. The number of nitrogens with zero attached hydrogens (tertiary/aromatic N) is 1. The monoisotopic (exact) mass is 330 g/mol. The second-order valence-electron chi connectivity index (χ2n) is 4.89. The van der Waals surface area contributed by atoms with Crippen molar-refractivity contribution in [3.63, 3.8) is 0 Å². The van der Waals surface area contributed by atoms with E-state index < -0.39 is 0 Å². The standard InChI is InChI=1S/C16H15BrN2O/c1-9-6-13-14(7-10(9)2)19-16(18-13)11-4-5-15(20-3)12(17)8-11/h4-8H,1-3H3,(H,18,19). The molecule has 3 rings (SSSR count). The van der Waals surface area contributed by atoms with Crippen molar-refractivity contribution in [2.75, 3.05) is 7.11 Å². The van der Waals surface area contributed by atoms with E-state index >= 15 is 0 Å². The fraction of sp³-hybridized carbons (Fsp3) is 0.188. The molecule has 0 aliphatic heterocycles. The molecule has 1 heterocycles. The van der Waals surface area contributed by atoms with E-state index in [1.54, 1.807) is 7.11 Å². The number of benzene rings is 2. The van der Waals surface area contributed by atoms with Crippen molar-refractivity contribution in [1.29, 1.82) is 0 Å². The molecule has 0 aliphatic carbocycles. The Morgan fingerprint density at radius 1 is 1.10 bits per heavy atom. The van der Waals surface area contributed by atoms with E-state index in [-0.39, 0.29) is 0 Å². The Balaban J connectivity index is 2.12. The first-order valence-electron chi connectivity index (χ1n) is 6.39. The van der Waals surface area contributed by atoms with Gasteiger partial charge < -0.3 is 9.72 Å². The van der Waals surface area contributed by atoms with Crippen molar-refractivity contribution in [2.24, 2.45) is 0 Å². The average molecular weight is 331 g/mol. The predicted molar refractivity (Wildman–Crippen MR) is 85.3 cm³/mol. The van der Waals surface area contributed by atoms with E-state index in [0.29, 0.717) is 0 Å². The van der Waals surface area contributed by atoms with Gasteiger partial charge in [-0.05, 0) is 71.2 Å². The Labute approximate surface area is 126 Å². The number of rotatable bonds is 2. The third kappa shape index (κ3) is 2.20. The maximum absolute atomic E-state index is 5.25. The summed E-state index contributed by atoms with van der Waals surface area (Å²) < 4.78 is 6.17. The molecule has 3 nitrogen and oxygen atoms in total. The SMILES string of the molecule is COc1ccc(-c2nc3cc(C)c(C)cc3[nH]2)cc1Br. The van der Waals surface area contributed by atoms with Crippen molar-refractivity contribution < 1.29 is 4.74 Å². The van der Waals surface area contributed by atoms with E-state index in [1.165, 1.54) is 11.1 Å². The van der Waals surface area contributed by atoms with Gasteiger partial charge in [-0.25, -0.2) is 4.98 Å². The van der Waals surface area contributed by atoms with Crippen LogP contribution in [0.2, 0.25) is 0 Å². The van der Waals surface area contributed by atoms with Crippen LogP contribution in [-0.4, -0.2) is 17.1 Å². The minimum Gasteiger partial charge on any atom is -0.496 e. The first-order chi connectivity index (χ1) is 9.58. The van der Waals surface area contributed by atoms with Crippen molar-refractivity contribution >= 4 is 27.0 Å². The van der Waals surface area contributed by atoms with Gasteiger partial charge >= 0.3 is 0 Å². The zero-order valence-electron chi connectivity index (χ0n) is 11.6. The van der Waals surface area contributed by atoms with Crippen molar-refractivity contribution in [1.82, 2.24) is 9.97 Å². The molecular weight excluding hydrogens is 316 g/mol. The number of hydrogen-bond donors (Lipinski definition) is 1. The van der Waals surface area contributed by atoms with Gasteiger partial charge in [-0.1, -0.05) is 0 Å². The molecule has 0 spiro atoms. The number of fused-ring (bicyclic) bond motifs is 1. The number of methoxy groups -OCH3 is 1. The lowest BCUT2D eigenvalue weighted by molar-refractivity contribution is 0.412. The fourth-order valence-electron chi connectivity index (χ4n) is 2.22. The van der Waals surface area contributed by atoms with Crippen LogP contribution in [0.1, 0.15) is 11.1 Å². The summed E-state index contributed by atoms with van der Waals surface area (Å²) in [7, 11) is 1.66. The molecule has 2 aromatic carbocycles. The quantitative estimate of drug-likeness (QED) is 0.744. The molecule has 4 heteroatoms. The molecule has 0 unspecified atom stereocenters.